The molecule has 0 atom stereocenters. The van der Waals surface area contributed by atoms with E-state index in [1.165, 1.54) is 0 Å². The highest BCUT2D eigenvalue weighted by Crippen LogP contribution is 2.27. The summed E-state index contributed by atoms with van der Waals surface area (Å²) >= 11 is 5.81. The molecule has 0 N–H and O–H groups in total. The maximum atomic E-state index is 9.10. The molecule has 0 amide bonds. The Kier molecular flexibility index (Phi) is 3.45. The van der Waals surface area contributed by atoms with Crippen molar-refractivity contribution in [3.05, 3.63) is 46.9 Å². The summed E-state index contributed by atoms with van der Waals surface area (Å²) in [4.78, 5) is 9.95. The van der Waals surface area contributed by atoms with Crippen LogP contribution in [0.1, 0.15) is 11.1 Å². The number of anilines is 2. The van der Waals surface area contributed by atoms with Crippen LogP contribution in [0.25, 0.3) is 0 Å². The summed E-state index contributed by atoms with van der Waals surface area (Å²) in [6.07, 6.45) is 1.66. The molecule has 0 aliphatic heterocycles. The molecular formula is C13H11ClN4. The molecule has 1 aromatic heterocycles. The van der Waals surface area contributed by atoms with Gasteiger partial charge in [-0.1, -0.05) is 12.1 Å². The molecule has 1 heterocycles. The standard InChI is InChI=1S/C13H11ClN4/c1-9-8-16-13(14)17-12(9)18(2)11-6-4-3-5-10(11)7-15/h3-6,8H,1-2H3. The van der Waals surface area contributed by atoms with E-state index >= 15 is 0 Å². The van der Waals surface area contributed by atoms with Crippen LogP contribution in [0.5, 0.6) is 0 Å². The number of para-hydroxylation sites is 1. The van der Waals surface area contributed by atoms with Crippen LogP contribution in [0.3, 0.4) is 0 Å². The van der Waals surface area contributed by atoms with Gasteiger partial charge in [0, 0.05) is 18.8 Å². The predicted molar refractivity (Wildman–Crippen MR) is 71.0 cm³/mol. The van der Waals surface area contributed by atoms with Gasteiger partial charge in [-0.25, -0.2) is 4.98 Å². The highest BCUT2D eigenvalue weighted by Gasteiger charge is 2.12. The van der Waals surface area contributed by atoms with Crippen LogP contribution in [0.15, 0.2) is 30.5 Å². The van der Waals surface area contributed by atoms with Gasteiger partial charge in [0.2, 0.25) is 5.28 Å². The minimum Gasteiger partial charge on any atom is -0.328 e. The van der Waals surface area contributed by atoms with Gasteiger partial charge in [0.25, 0.3) is 0 Å². The van der Waals surface area contributed by atoms with E-state index in [1.807, 2.05) is 37.1 Å². The molecule has 4 nitrogen and oxygen atoms in total. The Morgan fingerprint density at radius 3 is 2.78 bits per heavy atom. The van der Waals surface area contributed by atoms with Crippen molar-refractivity contribution in [2.45, 2.75) is 6.92 Å². The predicted octanol–water partition coefficient (Wildman–Crippen LogP) is 3.08. The maximum Gasteiger partial charge on any atom is 0.224 e. The van der Waals surface area contributed by atoms with Crippen LogP contribution in [-0.4, -0.2) is 17.0 Å². The molecule has 2 aromatic rings. The summed E-state index contributed by atoms with van der Waals surface area (Å²) in [6.45, 7) is 1.90. The number of hydrogen-bond acceptors (Lipinski definition) is 4. The van der Waals surface area contributed by atoms with Crippen molar-refractivity contribution < 1.29 is 0 Å². The molecule has 2 rings (SSSR count). The Hall–Kier alpha value is -2.12. The van der Waals surface area contributed by atoms with Crippen molar-refractivity contribution in [2.75, 3.05) is 11.9 Å². The highest BCUT2D eigenvalue weighted by molar-refractivity contribution is 6.28. The second kappa shape index (κ2) is 5.03. The van der Waals surface area contributed by atoms with E-state index in [0.717, 1.165) is 11.3 Å². The molecule has 0 aliphatic rings. The first-order valence-corrected chi connectivity index (χ1v) is 5.73. The normalized spacial score (nSPS) is 9.89. The Balaban J connectivity index is 2.51. The number of aromatic nitrogens is 2. The van der Waals surface area contributed by atoms with Crippen molar-refractivity contribution in [3.8, 4) is 6.07 Å². The van der Waals surface area contributed by atoms with E-state index in [1.54, 1.807) is 12.3 Å². The Bertz CT molecular complexity index is 619. The van der Waals surface area contributed by atoms with Gasteiger partial charge in [0.1, 0.15) is 11.9 Å². The van der Waals surface area contributed by atoms with E-state index < -0.39 is 0 Å². The summed E-state index contributed by atoms with van der Waals surface area (Å²) in [5.41, 5.74) is 2.28. The molecule has 0 bridgehead atoms. The number of rotatable bonds is 2. The molecule has 0 saturated carbocycles. The summed E-state index contributed by atoms with van der Waals surface area (Å²) < 4.78 is 0. The fourth-order valence-corrected chi connectivity index (χ4v) is 1.86. The smallest absolute Gasteiger partial charge is 0.224 e. The van der Waals surface area contributed by atoms with Gasteiger partial charge in [-0.2, -0.15) is 10.2 Å². The summed E-state index contributed by atoms with van der Waals surface area (Å²) in [7, 11) is 1.85. The zero-order valence-corrected chi connectivity index (χ0v) is 10.8. The third-order valence-corrected chi connectivity index (χ3v) is 2.80. The fourth-order valence-electron chi connectivity index (χ4n) is 1.73. The lowest BCUT2D eigenvalue weighted by Gasteiger charge is -2.21. The molecule has 5 heteroatoms. The van der Waals surface area contributed by atoms with Gasteiger partial charge in [0.15, 0.2) is 0 Å². The topological polar surface area (TPSA) is 52.8 Å². The summed E-state index contributed by atoms with van der Waals surface area (Å²) in [5, 5.41) is 9.29. The van der Waals surface area contributed by atoms with Crippen molar-refractivity contribution in [3.63, 3.8) is 0 Å². The molecule has 90 valence electrons. The van der Waals surface area contributed by atoms with E-state index in [-0.39, 0.29) is 5.28 Å². The first-order valence-electron chi connectivity index (χ1n) is 5.35. The van der Waals surface area contributed by atoms with Crippen molar-refractivity contribution >= 4 is 23.1 Å². The Morgan fingerprint density at radius 2 is 2.06 bits per heavy atom. The van der Waals surface area contributed by atoms with Crippen molar-refractivity contribution in [2.24, 2.45) is 0 Å². The van der Waals surface area contributed by atoms with Gasteiger partial charge in [-0.05, 0) is 30.7 Å². The summed E-state index contributed by atoms with van der Waals surface area (Å²) in [6, 6.07) is 9.51. The van der Waals surface area contributed by atoms with Crippen LogP contribution in [0.4, 0.5) is 11.5 Å². The molecular weight excluding hydrogens is 248 g/mol. The number of benzene rings is 1. The fraction of sp³-hybridized carbons (Fsp3) is 0.154. The van der Waals surface area contributed by atoms with Crippen LogP contribution in [-0.2, 0) is 0 Å². The molecule has 1 aromatic carbocycles. The molecule has 18 heavy (non-hydrogen) atoms. The number of hydrogen-bond donors (Lipinski definition) is 0. The minimum atomic E-state index is 0.192. The monoisotopic (exact) mass is 258 g/mol. The number of nitrogens with zero attached hydrogens (tertiary/aromatic N) is 4. The molecule has 0 radical (unpaired) electrons. The van der Waals surface area contributed by atoms with Gasteiger partial charge < -0.3 is 4.90 Å². The minimum absolute atomic E-state index is 0.192. The zero-order chi connectivity index (χ0) is 13.1. The average molecular weight is 259 g/mol. The third kappa shape index (κ3) is 2.27. The second-order valence-corrected chi connectivity index (χ2v) is 4.17. The van der Waals surface area contributed by atoms with Crippen LogP contribution in [0, 0.1) is 18.3 Å². The van der Waals surface area contributed by atoms with E-state index in [4.69, 9.17) is 16.9 Å². The van der Waals surface area contributed by atoms with Crippen LogP contribution < -0.4 is 4.90 Å². The van der Waals surface area contributed by atoms with Gasteiger partial charge in [-0.3, -0.25) is 0 Å². The third-order valence-electron chi connectivity index (χ3n) is 2.62. The Morgan fingerprint density at radius 1 is 1.33 bits per heavy atom. The van der Waals surface area contributed by atoms with Crippen molar-refractivity contribution in [1.29, 1.82) is 5.26 Å². The van der Waals surface area contributed by atoms with E-state index in [0.29, 0.717) is 11.4 Å². The largest absolute Gasteiger partial charge is 0.328 e. The van der Waals surface area contributed by atoms with Crippen LogP contribution in [0.2, 0.25) is 5.28 Å². The van der Waals surface area contributed by atoms with E-state index in [9.17, 15) is 0 Å². The second-order valence-electron chi connectivity index (χ2n) is 3.83. The molecule has 0 fully saturated rings. The lowest BCUT2D eigenvalue weighted by Crippen LogP contribution is -2.14. The molecule has 0 spiro atoms. The SMILES string of the molecule is Cc1cnc(Cl)nc1N(C)c1ccccc1C#N. The lowest BCUT2D eigenvalue weighted by molar-refractivity contribution is 1.05. The first kappa shape index (κ1) is 12.3. The number of aryl methyl sites for hydroxylation is 1. The Labute approximate surface area is 110 Å². The van der Waals surface area contributed by atoms with E-state index in [2.05, 4.69) is 16.0 Å². The van der Waals surface area contributed by atoms with Crippen molar-refractivity contribution in [1.82, 2.24) is 9.97 Å². The first-order chi connectivity index (χ1) is 8.63. The quantitative estimate of drug-likeness (QED) is 0.777. The lowest BCUT2D eigenvalue weighted by atomic mass is 10.1. The van der Waals surface area contributed by atoms with Gasteiger partial charge >= 0.3 is 0 Å². The average Bonchev–Trinajstić information content (AvgIpc) is 2.40. The molecule has 0 unspecified atom stereocenters. The molecule has 0 aliphatic carbocycles. The molecule has 0 saturated heterocycles. The van der Waals surface area contributed by atoms with Gasteiger partial charge in [0.05, 0.1) is 11.3 Å². The summed E-state index contributed by atoms with van der Waals surface area (Å²) in [5.74, 6) is 0.692. The van der Waals surface area contributed by atoms with Crippen LogP contribution >= 0.6 is 11.6 Å². The maximum absolute atomic E-state index is 9.10. The van der Waals surface area contributed by atoms with Gasteiger partial charge in [-0.15, -0.1) is 0 Å². The zero-order valence-electron chi connectivity index (χ0n) is 10.1. The number of nitriles is 1. The number of halogens is 1. The highest BCUT2D eigenvalue weighted by atomic mass is 35.5.